The first-order valence-corrected chi connectivity index (χ1v) is 6.97. The third kappa shape index (κ3) is 3.15. The summed E-state index contributed by atoms with van der Waals surface area (Å²) in [7, 11) is 1.82. The molecule has 1 amide bonds. The SMILES string of the molecule is Cc1ccc(CN(C)C(=O)c2cc(S)cs2)cc1. The molecule has 0 atom stereocenters. The number of thiol groups is 1. The molecule has 0 unspecified atom stereocenters. The van der Waals surface area contributed by atoms with Gasteiger partial charge in [-0.3, -0.25) is 4.79 Å². The normalized spacial score (nSPS) is 10.4. The van der Waals surface area contributed by atoms with Crippen molar-refractivity contribution in [3.8, 4) is 0 Å². The van der Waals surface area contributed by atoms with E-state index in [1.807, 2.05) is 18.5 Å². The van der Waals surface area contributed by atoms with Gasteiger partial charge in [-0.15, -0.1) is 24.0 Å². The molecule has 0 spiro atoms. The van der Waals surface area contributed by atoms with Crippen LogP contribution in [0, 0.1) is 6.92 Å². The van der Waals surface area contributed by atoms with Crippen molar-refractivity contribution < 1.29 is 4.79 Å². The first kappa shape index (κ1) is 13.2. The fourth-order valence-corrected chi connectivity index (χ4v) is 2.81. The van der Waals surface area contributed by atoms with Crippen LogP contribution >= 0.6 is 24.0 Å². The van der Waals surface area contributed by atoms with E-state index in [9.17, 15) is 4.79 Å². The van der Waals surface area contributed by atoms with Crippen molar-refractivity contribution in [1.29, 1.82) is 0 Å². The molecule has 0 bridgehead atoms. The number of carbonyl (C=O) groups is 1. The van der Waals surface area contributed by atoms with Crippen LogP contribution in [0.1, 0.15) is 20.8 Å². The average Bonchev–Trinajstić information content (AvgIpc) is 2.78. The van der Waals surface area contributed by atoms with Crippen LogP contribution in [0.5, 0.6) is 0 Å². The Morgan fingerprint density at radius 3 is 2.56 bits per heavy atom. The fraction of sp³-hybridized carbons (Fsp3) is 0.214. The predicted octanol–water partition coefficient (Wildman–Crippen LogP) is 3.62. The van der Waals surface area contributed by atoms with E-state index in [-0.39, 0.29) is 5.91 Å². The molecule has 0 radical (unpaired) electrons. The van der Waals surface area contributed by atoms with Gasteiger partial charge < -0.3 is 4.90 Å². The van der Waals surface area contributed by atoms with Crippen LogP contribution < -0.4 is 0 Å². The molecular weight excluding hydrogens is 262 g/mol. The number of nitrogens with zero attached hydrogens (tertiary/aromatic N) is 1. The van der Waals surface area contributed by atoms with Crippen LogP contribution in [0.15, 0.2) is 40.6 Å². The first-order valence-electron chi connectivity index (χ1n) is 5.65. The Labute approximate surface area is 117 Å². The quantitative estimate of drug-likeness (QED) is 0.850. The van der Waals surface area contributed by atoms with Crippen molar-refractivity contribution in [2.45, 2.75) is 18.4 Å². The van der Waals surface area contributed by atoms with E-state index in [0.717, 1.165) is 15.3 Å². The van der Waals surface area contributed by atoms with Gasteiger partial charge in [0.1, 0.15) is 0 Å². The number of thiophene rings is 1. The molecule has 18 heavy (non-hydrogen) atoms. The molecule has 4 heteroatoms. The zero-order valence-corrected chi connectivity index (χ0v) is 12.1. The van der Waals surface area contributed by atoms with E-state index in [4.69, 9.17) is 0 Å². The van der Waals surface area contributed by atoms with Gasteiger partial charge in [0.15, 0.2) is 0 Å². The van der Waals surface area contributed by atoms with Crippen LogP contribution in [0.2, 0.25) is 0 Å². The van der Waals surface area contributed by atoms with Gasteiger partial charge in [-0.1, -0.05) is 29.8 Å². The molecule has 2 rings (SSSR count). The second kappa shape index (κ2) is 5.59. The summed E-state index contributed by atoms with van der Waals surface area (Å²) in [5.74, 6) is 0.0425. The maximum Gasteiger partial charge on any atom is 0.264 e. The third-order valence-corrected chi connectivity index (χ3v) is 4.03. The predicted molar refractivity (Wildman–Crippen MR) is 78.5 cm³/mol. The summed E-state index contributed by atoms with van der Waals surface area (Å²) >= 11 is 5.65. The summed E-state index contributed by atoms with van der Waals surface area (Å²) < 4.78 is 0. The second-order valence-electron chi connectivity index (χ2n) is 4.32. The minimum Gasteiger partial charge on any atom is -0.337 e. The number of carbonyl (C=O) groups excluding carboxylic acids is 1. The summed E-state index contributed by atoms with van der Waals surface area (Å²) in [6.45, 7) is 2.68. The van der Waals surface area contributed by atoms with Crippen molar-refractivity contribution in [2.24, 2.45) is 0 Å². The summed E-state index contributed by atoms with van der Waals surface area (Å²) in [6, 6.07) is 10.0. The van der Waals surface area contributed by atoms with Gasteiger partial charge in [0.25, 0.3) is 5.91 Å². The Morgan fingerprint density at radius 1 is 1.33 bits per heavy atom. The monoisotopic (exact) mass is 277 g/mol. The molecule has 2 aromatic rings. The topological polar surface area (TPSA) is 20.3 Å². The molecule has 0 N–H and O–H groups in total. The molecule has 0 saturated heterocycles. The molecule has 1 aromatic carbocycles. The molecular formula is C14H15NOS2. The third-order valence-electron chi connectivity index (χ3n) is 2.68. The fourth-order valence-electron chi connectivity index (χ4n) is 1.67. The lowest BCUT2D eigenvalue weighted by molar-refractivity contribution is 0.0789. The summed E-state index contributed by atoms with van der Waals surface area (Å²) in [5.41, 5.74) is 2.37. The van der Waals surface area contributed by atoms with Crippen LogP contribution in [0.4, 0.5) is 0 Å². The highest BCUT2D eigenvalue weighted by Crippen LogP contribution is 2.19. The number of benzene rings is 1. The minimum atomic E-state index is 0.0425. The van der Waals surface area contributed by atoms with E-state index in [1.165, 1.54) is 16.9 Å². The number of amides is 1. The highest BCUT2D eigenvalue weighted by atomic mass is 32.1. The highest BCUT2D eigenvalue weighted by Gasteiger charge is 2.13. The van der Waals surface area contributed by atoms with E-state index >= 15 is 0 Å². The van der Waals surface area contributed by atoms with Crippen LogP contribution in [0.25, 0.3) is 0 Å². The van der Waals surface area contributed by atoms with E-state index in [2.05, 4.69) is 43.8 Å². The maximum atomic E-state index is 12.1. The van der Waals surface area contributed by atoms with Gasteiger partial charge in [0, 0.05) is 23.9 Å². The Balaban J connectivity index is 2.05. The number of aryl methyl sites for hydroxylation is 1. The molecule has 94 valence electrons. The van der Waals surface area contributed by atoms with Crippen molar-refractivity contribution in [3.05, 3.63) is 51.7 Å². The molecule has 0 fully saturated rings. The van der Waals surface area contributed by atoms with E-state index in [0.29, 0.717) is 6.54 Å². The number of rotatable bonds is 3. The Kier molecular flexibility index (Phi) is 4.09. The smallest absolute Gasteiger partial charge is 0.264 e. The van der Waals surface area contributed by atoms with Gasteiger partial charge in [0.05, 0.1) is 4.88 Å². The van der Waals surface area contributed by atoms with Gasteiger partial charge in [-0.25, -0.2) is 0 Å². The lowest BCUT2D eigenvalue weighted by atomic mass is 10.1. The zero-order valence-electron chi connectivity index (χ0n) is 10.4. The largest absolute Gasteiger partial charge is 0.337 e. The highest BCUT2D eigenvalue weighted by molar-refractivity contribution is 7.80. The molecule has 2 nitrogen and oxygen atoms in total. The second-order valence-corrected chi connectivity index (χ2v) is 5.74. The summed E-state index contributed by atoms with van der Waals surface area (Å²) in [5, 5.41) is 1.87. The minimum absolute atomic E-state index is 0.0425. The van der Waals surface area contributed by atoms with Crippen molar-refractivity contribution in [3.63, 3.8) is 0 Å². The van der Waals surface area contributed by atoms with E-state index in [1.54, 1.807) is 4.90 Å². The number of hydrogen-bond acceptors (Lipinski definition) is 3. The Morgan fingerprint density at radius 2 is 2.00 bits per heavy atom. The lowest BCUT2D eigenvalue weighted by Crippen LogP contribution is -2.25. The number of hydrogen-bond donors (Lipinski definition) is 1. The maximum absolute atomic E-state index is 12.1. The van der Waals surface area contributed by atoms with Crippen LogP contribution in [-0.2, 0) is 6.54 Å². The Bertz CT molecular complexity index is 545. The van der Waals surface area contributed by atoms with Crippen LogP contribution in [-0.4, -0.2) is 17.9 Å². The van der Waals surface area contributed by atoms with Gasteiger partial charge in [-0.2, -0.15) is 0 Å². The standard InChI is InChI=1S/C14H15NOS2/c1-10-3-5-11(6-4-10)8-15(2)14(16)13-7-12(17)9-18-13/h3-7,9,17H,8H2,1-2H3. The Hall–Kier alpha value is -1.26. The molecule has 1 aromatic heterocycles. The van der Waals surface area contributed by atoms with Gasteiger partial charge >= 0.3 is 0 Å². The van der Waals surface area contributed by atoms with E-state index < -0.39 is 0 Å². The van der Waals surface area contributed by atoms with Gasteiger partial charge in [-0.05, 0) is 18.6 Å². The van der Waals surface area contributed by atoms with Crippen LogP contribution in [0.3, 0.4) is 0 Å². The molecule has 0 saturated carbocycles. The average molecular weight is 277 g/mol. The lowest BCUT2D eigenvalue weighted by Gasteiger charge is -2.16. The molecule has 1 heterocycles. The molecule has 0 aliphatic heterocycles. The van der Waals surface area contributed by atoms with Crippen molar-refractivity contribution >= 4 is 29.9 Å². The zero-order chi connectivity index (χ0) is 13.1. The summed E-state index contributed by atoms with van der Waals surface area (Å²) in [4.78, 5) is 15.4. The molecule has 0 aliphatic rings. The van der Waals surface area contributed by atoms with Crippen molar-refractivity contribution in [1.82, 2.24) is 4.90 Å². The first-order chi connectivity index (χ1) is 8.56. The van der Waals surface area contributed by atoms with Crippen molar-refractivity contribution in [2.75, 3.05) is 7.05 Å². The summed E-state index contributed by atoms with van der Waals surface area (Å²) in [6.07, 6.45) is 0. The van der Waals surface area contributed by atoms with Gasteiger partial charge in [0.2, 0.25) is 0 Å². The molecule has 0 aliphatic carbocycles.